The first kappa shape index (κ1) is 41.7. The first-order valence-electron chi connectivity index (χ1n) is 15.3. The van der Waals surface area contributed by atoms with E-state index in [4.69, 9.17) is 82.3 Å². The third-order valence-corrected chi connectivity index (χ3v) is 7.93. The predicted molar refractivity (Wildman–Crippen MR) is 214 cm³/mol. The molecule has 0 atom stereocenters. The average molecular weight is 873 g/mol. The van der Waals surface area contributed by atoms with Gasteiger partial charge in [0.2, 0.25) is 11.8 Å². The van der Waals surface area contributed by atoms with Crippen molar-refractivity contribution in [2.75, 3.05) is 14.2 Å². The lowest BCUT2D eigenvalue weighted by molar-refractivity contribution is 0.391. The van der Waals surface area contributed by atoms with Crippen molar-refractivity contribution in [2.24, 2.45) is 0 Å². The van der Waals surface area contributed by atoms with Crippen LogP contribution >= 0.6 is 62.3 Å². The molecule has 6 rings (SSSR count). The van der Waals surface area contributed by atoms with Gasteiger partial charge in [-0.1, -0.05) is 64.5 Å². The Hall–Kier alpha value is -6.02. The fraction of sp³-hybridized carbons (Fsp3) is 0.0500. The van der Waals surface area contributed by atoms with E-state index in [2.05, 4.69) is 53.6 Å². The maximum Gasteiger partial charge on any atom is 0.237 e. The standard InChI is InChI=1S/C20H11Cl2N3O2.C13H7BrCl2N2O2.C7H5N/c1-26-20-19(22)18(27-17-9-13(12-23)8-14(21)10-17)11-16(25-20)6-5-15-4-2-3-7-24-15;1-19-13-12(16)10(5-11(14)18-13)20-9-3-7(6-17)2-8(15)4-9;1-2-7-5-3-4-6-8-7/h2-4,7-11H,1H3;2-5H,1H3;1,3-6H. The molecular formula is C40H23BrCl4N6O4. The topological polar surface area (TPSA) is 136 Å². The summed E-state index contributed by atoms with van der Waals surface area (Å²) < 4.78 is 22.2. The average Bonchev–Trinajstić information content (AvgIpc) is 3.20. The van der Waals surface area contributed by atoms with E-state index in [0.29, 0.717) is 60.1 Å². The maximum atomic E-state index is 9.07. The molecule has 0 unspecified atom stereocenters. The summed E-state index contributed by atoms with van der Waals surface area (Å²) in [5.41, 5.74) is 2.43. The van der Waals surface area contributed by atoms with Crippen molar-refractivity contribution in [3.63, 3.8) is 0 Å². The molecule has 0 saturated carbocycles. The number of methoxy groups -OCH3 is 2. The van der Waals surface area contributed by atoms with E-state index in [-0.39, 0.29) is 27.6 Å². The Morgan fingerprint density at radius 3 is 1.56 bits per heavy atom. The maximum absolute atomic E-state index is 9.07. The highest BCUT2D eigenvalue weighted by Gasteiger charge is 2.15. The lowest BCUT2D eigenvalue weighted by atomic mass is 10.2. The molecule has 272 valence electrons. The van der Waals surface area contributed by atoms with Crippen molar-refractivity contribution in [1.29, 1.82) is 10.5 Å². The normalized spacial score (nSPS) is 9.53. The molecule has 0 bridgehead atoms. The van der Waals surface area contributed by atoms with Crippen molar-refractivity contribution in [3.8, 4) is 71.1 Å². The number of hydrogen-bond donors (Lipinski definition) is 0. The van der Waals surface area contributed by atoms with Crippen LogP contribution in [-0.4, -0.2) is 34.2 Å². The number of terminal acetylenes is 1. The zero-order valence-corrected chi connectivity index (χ0v) is 33.1. The van der Waals surface area contributed by atoms with Gasteiger partial charge in [-0.2, -0.15) is 10.5 Å². The summed E-state index contributed by atoms with van der Waals surface area (Å²) in [4.78, 5) is 16.3. The van der Waals surface area contributed by atoms with E-state index >= 15 is 0 Å². The molecular weight excluding hydrogens is 850 g/mol. The summed E-state index contributed by atoms with van der Waals surface area (Å²) >= 11 is 27.6. The molecule has 0 N–H and O–H groups in total. The highest BCUT2D eigenvalue weighted by Crippen LogP contribution is 2.39. The van der Waals surface area contributed by atoms with Crippen LogP contribution in [0.15, 0.2) is 102 Å². The number of pyridine rings is 4. The van der Waals surface area contributed by atoms with Crippen molar-refractivity contribution < 1.29 is 18.9 Å². The summed E-state index contributed by atoms with van der Waals surface area (Å²) in [5.74, 6) is 10.0. The number of halogens is 5. The number of nitriles is 2. The number of nitrogens with zero attached hydrogens (tertiary/aromatic N) is 6. The molecule has 0 aliphatic carbocycles. The van der Waals surface area contributed by atoms with Crippen molar-refractivity contribution >= 4 is 62.3 Å². The van der Waals surface area contributed by atoms with Crippen molar-refractivity contribution in [2.45, 2.75) is 0 Å². The Morgan fingerprint density at radius 2 is 1.11 bits per heavy atom. The summed E-state index contributed by atoms with van der Waals surface area (Å²) in [6, 6.07) is 27.5. The second-order valence-corrected chi connectivity index (χ2v) is 12.6. The third kappa shape index (κ3) is 12.8. The monoisotopic (exact) mass is 870 g/mol. The summed E-state index contributed by atoms with van der Waals surface area (Å²) in [6.07, 6.45) is 8.37. The Balaban J connectivity index is 0.000000209. The predicted octanol–water partition coefficient (Wildman–Crippen LogP) is 10.7. The largest absolute Gasteiger partial charge is 0.480 e. The molecule has 0 fully saturated rings. The molecule has 4 aromatic heterocycles. The minimum Gasteiger partial charge on any atom is -0.480 e. The first-order chi connectivity index (χ1) is 26.5. The summed E-state index contributed by atoms with van der Waals surface area (Å²) in [6.45, 7) is 0. The second-order valence-electron chi connectivity index (χ2n) is 10.2. The van der Waals surface area contributed by atoms with Crippen LogP contribution < -0.4 is 18.9 Å². The van der Waals surface area contributed by atoms with Crippen LogP contribution in [0.2, 0.25) is 20.1 Å². The molecule has 15 heteroatoms. The van der Waals surface area contributed by atoms with Gasteiger partial charge in [-0.3, -0.25) is 0 Å². The fourth-order valence-electron chi connectivity index (χ4n) is 4.06. The van der Waals surface area contributed by atoms with E-state index in [1.54, 1.807) is 73.1 Å². The minimum absolute atomic E-state index is 0.169. The van der Waals surface area contributed by atoms with Crippen LogP contribution in [0.5, 0.6) is 34.8 Å². The van der Waals surface area contributed by atoms with Gasteiger partial charge < -0.3 is 18.9 Å². The van der Waals surface area contributed by atoms with Gasteiger partial charge in [0.05, 0.1) is 37.5 Å². The number of ether oxygens (including phenoxy) is 4. The lowest BCUT2D eigenvalue weighted by Gasteiger charge is -2.11. The number of hydrogen-bond acceptors (Lipinski definition) is 10. The van der Waals surface area contributed by atoms with E-state index in [0.717, 1.165) is 0 Å². The van der Waals surface area contributed by atoms with Gasteiger partial charge in [0.25, 0.3) is 0 Å². The number of benzene rings is 2. The lowest BCUT2D eigenvalue weighted by Crippen LogP contribution is -1.96. The second kappa shape index (κ2) is 21.0. The van der Waals surface area contributed by atoms with Crippen LogP contribution in [0.3, 0.4) is 0 Å². The first-order valence-corrected chi connectivity index (χ1v) is 17.6. The smallest absolute Gasteiger partial charge is 0.237 e. The molecule has 55 heavy (non-hydrogen) atoms. The molecule has 0 saturated heterocycles. The Morgan fingerprint density at radius 1 is 0.618 bits per heavy atom. The molecule has 2 aromatic carbocycles. The van der Waals surface area contributed by atoms with Gasteiger partial charge in [-0.15, -0.1) is 6.42 Å². The van der Waals surface area contributed by atoms with E-state index in [1.807, 2.05) is 30.3 Å². The highest BCUT2D eigenvalue weighted by molar-refractivity contribution is 9.10. The molecule has 0 aliphatic rings. The van der Waals surface area contributed by atoms with Gasteiger partial charge in [-0.05, 0) is 88.4 Å². The van der Waals surface area contributed by atoms with Gasteiger partial charge in [-0.25, -0.2) is 19.9 Å². The summed E-state index contributed by atoms with van der Waals surface area (Å²) in [5, 5.41) is 19.2. The molecule has 0 amide bonds. The summed E-state index contributed by atoms with van der Waals surface area (Å²) in [7, 11) is 2.90. The minimum atomic E-state index is 0.169. The quantitative estimate of drug-likeness (QED) is 0.117. The van der Waals surface area contributed by atoms with Crippen molar-refractivity contribution in [3.05, 3.63) is 150 Å². The number of rotatable bonds is 6. The Labute approximate surface area is 345 Å². The van der Waals surface area contributed by atoms with Gasteiger partial charge in [0.1, 0.15) is 43.2 Å². The fourth-order valence-corrected chi connectivity index (χ4v) is 5.31. The Bertz CT molecular complexity index is 2480. The molecule has 0 spiro atoms. The molecule has 0 radical (unpaired) electrons. The highest BCUT2D eigenvalue weighted by atomic mass is 79.9. The van der Waals surface area contributed by atoms with Gasteiger partial charge >= 0.3 is 0 Å². The zero-order valence-electron chi connectivity index (χ0n) is 28.5. The van der Waals surface area contributed by atoms with Gasteiger partial charge in [0, 0.05) is 34.6 Å². The van der Waals surface area contributed by atoms with E-state index in [9.17, 15) is 0 Å². The van der Waals surface area contributed by atoms with Gasteiger partial charge in [0.15, 0.2) is 11.5 Å². The van der Waals surface area contributed by atoms with Crippen LogP contribution in [0.25, 0.3) is 0 Å². The van der Waals surface area contributed by atoms with Crippen molar-refractivity contribution in [1.82, 2.24) is 19.9 Å². The third-order valence-electron chi connectivity index (χ3n) is 6.40. The van der Waals surface area contributed by atoms with Crippen LogP contribution in [0.4, 0.5) is 0 Å². The molecule has 10 nitrogen and oxygen atoms in total. The number of aromatic nitrogens is 4. The van der Waals surface area contributed by atoms with E-state index in [1.165, 1.54) is 20.3 Å². The van der Waals surface area contributed by atoms with Crippen LogP contribution in [0, 0.1) is 46.8 Å². The van der Waals surface area contributed by atoms with E-state index < -0.39 is 0 Å². The molecule has 6 aromatic rings. The van der Waals surface area contributed by atoms with Crippen LogP contribution in [0.1, 0.15) is 28.2 Å². The Kier molecular flexibility index (Phi) is 15.9. The zero-order chi connectivity index (χ0) is 39.7. The molecule has 4 heterocycles. The van der Waals surface area contributed by atoms with Crippen LogP contribution in [-0.2, 0) is 0 Å². The SMILES string of the molecule is C#Cc1ccccn1.COc1nc(Br)cc(Oc2cc(Cl)cc(C#N)c2)c1Cl.COc1nc(C#Cc2ccccn2)cc(Oc2cc(Cl)cc(C#N)c2)c1Cl. The molecule has 0 aliphatic heterocycles.